The molecular formula is C13H11NO3. The molecule has 0 fully saturated rings. The summed E-state index contributed by atoms with van der Waals surface area (Å²) in [7, 11) is 0. The smallest absolute Gasteiger partial charge is 0.314 e. The molecule has 2 aromatic carbocycles. The summed E-state index contributed by atoms with van der Waals surface area (Å²) in [5, 5.41) is 20.4. The molecule has 0 heterocycles. The van der Waals surface area contributed by atoms with E-state index in [-0.39, 0.29) is 11.4 Å². The summed E-state index contributed by atoms with van der Waals surface area (Å²) >= 11 is 0. The monoisotopic (exact) mass is 229 g/mol. The van der Waals surface area contributed by atoms with Gasteiger partial charge in [0.25, 0.3) is 0 Å². The number of nitro benzene ring substituents is 1. The van der Waals surface area contributed by atoms with Gasteiger partial charge in [0.15, 0.2) is 5.75 Å². The van der Waals surface area contributed by atoms with Crippen molar-refractivity contribution in [2.45, 2.75) is 6.42 Å². The maximum atomic E-state index is 10.9. The molecule has 0 aliphatic carbocycles. The van der Waals surface area contributed by atoms with Gasteiger partial charge in [-0.05, 0) is 11.6 Å². The van der Waals surface area contributed by atoms with E-state index in [0.29, 0.717) is 12.0 Å². The molecule has 0 amide bonds. The second-order valence-corrected chi connectivity index (χ2v) is 3.70. The van der Waals surface area contributed by atoms with E-state index in [1.165, 1.54) is 6.07 Å². The van der Waals surface area contributed by atoms with Gasteiger partial charge >= 0.3 is 5.69 Å². The minimum atomic E-state index is -0.548. The molecule has 4 nitrogen and oxygen atoms in total. The van der Waals surface area contributed by atoms with Crippen LogP contribution in [0.25, 0.3) is 0 Å². The lowest BCUT2D eigenvalue weighted by Gasteiger charge is -2.04. The molecule has 86 valence electrons. The van der Waals surface area contributed by atoms with Crippen LogP contribution in [0, 0.1) is 10.1 Å². The van der Waals surface area contributed by atoms with Gasteiger partial charge in [-0.1, -0.05) is 42.5 Å². The molecule has 0 saturated carbocycles. The first kappa shape index (κ1) is 11.1. The van der Waals surface area contributed by atoms with Crippen LogP contribution in [0.2, 0.25) is 0 Å². The first-order valence-corrected chi connectivity index (χ1v) is 5.17. The van der Waals surface area contributed by atoms with E-state index in [1.807, 2.05) is 30.3 Å². The number of phenolic OH excluding ortho intramolecular Hbond substituents is 1. The van der Waals surface area contributed by atoms with Crippen LogP contribution in [-0.4, -0.2) is 10.0 Å². The maximum absolute atomic E-state index is 10.9. The third-order valence-electron chi connectivity index (χ3n) is 2.52. The van der Waals surface area contributed by atoms with E-state index in [4.69, 9.17) is 0 Å². The van der Waals surface area contributed by atoms with Crippen LogP contribution >= 0.6 is 0 Å². The molecule has 0 aliphatic heterocycles. The number of benzene rings is 2. The average molecular weight is 229 g/mol. The predicted molar refractivity (Wildman–Crippen MR) is 64.0 cm³/mol. The molecule has 4 heteroatoms. The molecule has 17 heavy (non-hydrogen) atoms. The van der Waals surface area contributed by atoms with Crippen LogP contribution in [-0.2, 0) is 6.42 Å². The molecule has 0 spiro atoms. The third kappa shape index (κ3) is 2.42. The molecule has 0 bridgehead atoms. The summed E-state index contributed by atoms with van der Waals surface area (Å²) in [6.45, 7) is 0. The van der Waals surface area contributed by atoms with Crippen LogP contribution in [0.15, 0.2) is 48.5 Å². The van der Waals surface area contributed by atoms with E-state index < -0.39 is 4.92 Å². The van der Waals surface area contributed by atoms with Crippen molar-refractivity contribution in [1.29, 1.82) is 0 Å². The molecular weight excluding hydrogens is 218 g/mol. The second kappa shape index (κ2) is 4.65. The number of aromatic hydroxyl groups is 1. The maximum Gasteiger partial charge on any atom is 0.314 e. The van der Waals surface area contributed by atoms with Crippen LogP contribution < -0.4 is 0 Å². The fraction of sp³-hybridized carbons (Fsp3) is 0.0769. The molecule has 2 rings (SSSR count). The van der Waals surface area contributed by atoms with Gasteiger partial charge in [-0.3, -0.25) is 10.1 Å². The fourth-order valence-corrected chi connectivity index (χ4v) is 1.75. The normalized spacial score (nSPS) is 10.1. The minimum absolute atomic E-state index is 0.212. The minimum Gasteiger partial charge on any atom is -0.502 e. The average Bonchev–Trinajstić information content (AvgIpc) is 2.30. The largest absolute Gasteiger partial charge is 0.502 e. The topological polar surface area (TPSA) is 63.4 Å². The van der Waals surface area contributed by atoms with Crippen LogP contribution in [0.5, 0.6) is 5.75 Å². The van der Waals surface area contributed by atoms with E-state index in [1.54, 1.807) is 12.1 Å². The molecule has 0 saturated heterocycles. The van der Waals surface area contributed by atoms with Crippen molar-refractivity contribution in [2.75, 3.05) is 0 Å². The number of phenols is 1. The summed E-state index contributed by atoms with van der Waals surface area (Å²) in [4.78, 5) is 10.3. The van der Waals surface area contributed by atoms with Gasteiger partial charge in [-0.15, -0.1) is 0 Å². The Bertz CT molecular complexity index is 538. The van der Waals surface area contributed by atoms with Gasteiger partial charge in [0.1, 0.15) is 0 Å². The Morgan fingerprint density at radius 2 is 1.76 bits per heavy atom. The second-order valence-electron chi connectivity index (χ2n) is 3.70. The van der Waals surface area contributed by atoms with E-state index in [9.17, 15) is 15.2 Å². The van der Waals surface area contributed by atoms with Crippen LogP contribution in [0.3, 0.4) is 0 Å². The molecule has 2 aromatic rings. The van der Waals surface area contributed by atoms with Crippen molar-refractivity contribution in [3.8, 4) is 5.75 Å². The first-order chi connectivity index (χ1) is 8.18. The Labute approximate surface area is 98.3 Å². The van der Waals surface area contributed by atoms with Crippen molar-refractivity contribution in [2.24, 2.45) is 0 Å². The van der Waals surface area contributed by atoms with E-state index in [0.717, 1.165) is 5.56 Å². The molecule has 0 unspecified atom stereocenters. The molecule has 0 radical (unpaired) electrons. The Morgan fingerprint density at radius 3 is 2.41 bits per heavy atom. The van der Waals surface area contributed by atoms with Crippen molar-refractivity contribution in [1.82, 2.24) is 0 Å². The van der Waals surface area contributed by atoms with Crippen molar-refractivity contribution in [3.63, 3.8) is 0 Å². The van der Waals surface area contributed by atoms with Gasteiger partial charge in [0.2, 0.25) is 0 Å². The summed E-state index contributed by atoms with van der Waals surface area (Å²) in [6.07, 6.45) is 0.436. The van der Waals surface area contributed by atoms with Crippen molar-refractivity contribution < 1.29 is 10.0 Å². The Kier molecular flexibility index (Phi) is 3.05. The van der Waals surface area contributed by atoms with Crippen LogP contribution in [0.4, 0.5) is 5.69 Å². The van der Waals surface area contributed by atoms with Gasteiger partial charge in [-0.2, -0.15) is 0 Å². The zero-order valence-electron chi connectivity index (χ0n) is 9.04. The Morgan fingerprint density at radius 1 is 1.06 bits per heavy atom. The molecule has 1 N–H and O–H groups in total. The van der Waals surface area contributed by atoms with Gasteiger partial charge in [0, 0.05) is 12.0 Å². The standard InChI is InChI=1S/C13H11NO3/c15-12-8-4-7-11(13(12)14(16)17)9-10-5-2-1-3-6-10/h1-8,15H,9H2. The fourth-order valence-electron chi connectivity index (χ4n) is 1.75. The summed E-state index contributed by atoms with van der Waals surface area (Å²) in [5.41, 5.74) is 1.28. The summed E-state index contributed by atoms with van der Waals surface area (Å²) < 4.78 is 0. The molecule has 0 aromatic heterocycles. The highest BCUT2D eigenvalue weighted by atomic mass is 16.6. The summed E-state index contributed by atoms with van der Waals surface area (Å²) in [6, 6.07) is 14.0. The number of nitrogens with zero attached hydrogens (tertiary/aromatic N) is 1. The SMILES string of the molecule is O=[N+]([O-])c1c(O)cccc1Cc1ccccc1. The molecule has 0 aliphatic rings. The lowest BCUT2D eigenvalue weighted by Crippen LogP contribution is -1.96. The van der Waals surface area contributed by atoms with E-state index >= 15 is 0 Å². The molecule has 0 atom stereocenters. The number of para-hydroxylation sites is 1. The summed E-state index contributed by atoms with van der Waals surface area (Å²) in [5.74, 6) is -0.288. The van der Waals surface area contributed by atoms with E-state index in [2.05, 4.69) is 0 Å². The Hall–Kier alpha value is -2.36. The number of hydrogen-bond acceptors (Lipinski definition) is 3. The zero-order valence-corrected chi connectivity index (χ0v) is 9.04. The predicted octanol–water partition coefficient (Wildman–Crippen LogP) is 2.89. The van der Waals surface area contributed by atoms with Crippen molar-refractivity contribution >= 4 is 5.69 Å². The lowest BCUT2D eigenvalue weighted by molar-refractivity contribution is -0.386. The van der Waals surface area contributed by atoms with Gasteiger partial charge in [0.05, 0.1) is 4.92 Å². The van der Waals surface area contributed by atoms with Gasteiger partial charge < -0.3 is 5.11 Å². The lowest BCUT2D eigenvalue weighted by atomic mass is 10.0. The highest BCUT2D eigenvalue weighted by Crippen LogP contribution is 2.30. The third-order valence-corrected chi connectivity index (χ3v) is 2.52. The quantitative estimate of drug-likeness (QED) is 0.650. The highest BCUT2D eigenvalue weighted by Gasteiger charge is 2.18. The highest BCUT2D eigenvalue weighted by molar-refractivity contribution is 5.53. The van der Waals surface area contributed by atoms with Gasteiger partial charge in [-0.25, -0.2) is 0 Å². The number of nitro groups is 1. The number of rotatable bonds is 3. The van der Waals surface area contributed by atoms with Crippen molar-refractivity contribution in [3.05, 3.63) is 69.8 Å². The zero-order chi connectivity index (χ0) is 12.3. The first-order valence-electron chi connectivity index (χ1n) is 5.17. The van der Waals surface area contributed by atoms with Crippen LogP contribution in [0.1, 0.15) is 11.1 Å². The number of hydrogen-bond donors (Lipinski definition) is 1. The Balaban J connectivity index is 2.40.